The van der Waals surface area contributed by atoms with Gasteiger partial charge in [-0.15, -0.1) is 0 Å². The summed E-state index contributed by atoms with van der Waals surface area (Å²) < 4.78 is 26.2. The lowest BCUT2D eigenvalue weighted by Gasteiger charge is -2.18. The fourth-order valence-corrected chi connectivity index (χ4v) is 4.40. The minimum atomic E-state index is -0.519. The Morgan fingerprint density at radius 1 is 1.30 bits per heavy atom. The summed E-state index contributed by atoms with van der Waals surface area (Å²) in [5.74, 6) is -1.31. The van der Waals surface area contributed by atoms with E-state index in [1.807, 2.05) is 13.0 Å². The maximum Gasteiger partial charge on any atom is 0.309 e. The van der Waals surface area contributed by atoms with Gasteiger partial charge in [-0.2, -0.15) is 0 Å². The number of imidazole rings is 1. The fraction of sp³-hybridized carbons (Fsp3) is 0.348. The van der Waals surface area contributed by atoms with E-state index in [1.54, 1.807) is 29.7 Å². The molecule has 0 saturated carbocycles. The second kappa shape index (κ2) is 7.89. The average Bonchev–Trinajstić information content (AvgIpc) is 3.25. The van der Waals surface area contributed by atoms with Crippen molar-refractivity contribution >= 4 is 17.4 Å². The molecule has 0 saturated heterocycles. The first kappa shape index (κ1) is 20.1. The summed E-state index contributed by atoms with van der Waals surface area (Å²) in [6.45, 7) is 4.14. The van der Waals surface area contributed by atoms with Crippen molar-refractivity contribution < 1.29 is 23.5 Å². The van der Waals surface area contributed by atoms with Gasteiger partial charge in [-0.1, -0.05) is 6.07 Å². The third-order valence-electron chi connectivity index (χ3n) is 5.69. The summed E-state index contributed by atoms with van der Waals surface area (Å²) in [5, 5.41) is 0. The fourth-order valence-electron chi connectivity index (χ4n) is 4.40. The number of nitrogens with zero attached hydrogens (tertiary/aromatic N) is 2. The summed E-state index contributed by atoms with van der Waals surface area (Å²) >= 11 is 0. The number of aromatic nitrogens is 2. The Kier molecular flexibility index (Phi) is 5.28. The van der Waals surface area contributed by atoms with Crippen LogP contribution < -0.4 is 4.74 Å². The Labute approximate surface area is 173 Å². The number of aryl methyl sites for hydroxylation is 1. The van der Waals surface area contributed by atoms with Gasteiger partial charge in [0.2, 0.25) is 0 Å². The van der Waals surface area contributed by atoms with Gasteiger partial charge < -0.3 is 9.47 Å². The van der Waals surface area contributed by atoms with Crippen molar-refractivity contribution in [1.82, 2.24) is 9.38 Å². The minimum Gasteiger partial charge on any atom is -0.490 e. The maximum absolute atomic E-state index is 13.9. The van der Waals surface area contributed by atoms with Gasteiger partial charge in [-0.25, -0.2) is 9.37 Å². The zero-order chi connectivity index (χ0) is 21.4. The van der Waals surface area contributed by atoms with Crippen LogP contribution >= 0.6 is 0 Å². The number of carbonyl (C=O) groups excluding carboxylic acids is 2. The molecule has 30 heavy (non-hydrogen) atoms. The van der Waals surface area contributed by atoms with E-state index >= 15 is 0 Å². The maximum atomic E-state index is 13.9. The minimum absolute atomic E-state index is 0.0592. The summed E-state index contributed by atoms with van der Waals surface area (Å²) in [6, 6.07) is 8.08. The second-order valence-electron chi connectivity index (χ2n) is 7.46. The largest absolute Gasteiger partial charge is 0.490 e. The van der Waals surface area contributed by atoms with E-state index in [0.717, 1.165) is 5.56 Å². The highest BCUT2D eigenvalue weighted by molar-refractivity contribution is 5.97. The Bertz CT molecular complexity index is 1140. The normalized spacial score (nSPS) is 17.7. The number of rotatable bonds is 6. The van der Waals surface area contributed by atoms with Crippen LogP contribution in [0.2, 0.25) is 0 Å². The molecule has 1 aliphatic carbocycles. The summed E-state index contributed by atoms with van der Waals surface area (Å²) in [4.78, 5) is 30.3. The third-order valence-corrected chi connectivity index (χ3v) is 5.69. The summed E-state index contributed by atoms with van der Waals surface area (Å²) in [6.07, 6.45) is 2.26. The molecule has 4 rings (SSSR count). The first-order chi connectivity index (χ1) is 14.4. The number of ketones is 1. The van der Waals surface area contributed by atoms with Gasteiger partial charge in [0.25, 0.3) is 0 Å². The van der Waals surface area contributed by atoms with Crippen LogP contribution in [0.15, 0.2) is 36.5 Å². The number of Topliss-reactive ketones (excluding diaryl/α,β-unsaturated/α-hetero) is 1. The zero-order valence-electron chi connectivity index (χ0n) is 17.1. The van der Waals surface area contributed by atoms with Crippen LogP contribution in [0.1, 0.15) is 46.6 Å². The summed E-state index contributed by atoms with van der Waals surface area (Å²) in [7, 11) is 1.33. The van der Waals surface area contributed by atoms with E-state index in [1.165, 1.54) is 19.2 Å². The number of halogens is 1. The zero-order valence-corrected chi connectivity index (χ0v) is 17.1. The lowest BCUT2D eigenvalue weighted by atomic mass is 9.87. The topological polar surface area (TPSA) is 69.9 Å². The number of benzene rings is 1. The Hall–Kier alpha value is -3.22. The number of esters is 1. The monoisotopic (exact) mass is 410 g/mol. The predicted octanol–water partition coefficient (Wildman–Crippen LogP) is 3.88. The highest BCUT2D eigenvalue weighted by Gasteiger charge is 2.40. The molecule has 0 spiro atoms. The molecule has 1 aromatic carbocycles. The van der Waals surface area contributed by atoms with Gasteiger partial charge >= 0.3 is 5.97 Å². The van der Waals surface area contributed by atoms with Crippen molar-refractivity contribution in [1.29, 1.82) is 0 Å². The molecule has 0 unspecified atom stereocenters. The highest BCUT2D eigenvalue weighted by atomic mass is 19.1. The van der Waals surface area contributed by atoms with Crippen LogP contribution in [-0.4, -0.2) is 34.9 Å². The molecule has 0 aliphatic heterocycles. The first-order valence-electron chi connectivity index (χ1n) is 9.94. The lowest BCUT2D eigenvalue weighted by molar-refractivity contribution is -0.145. The van der Waals surface area contributed by atoms with E-state index in [0.29, 0.717) is 41.4 Å². The van der Waals surface area contributed by atoms with Gasteiger partial charge in [0.15, 0.2) is 17.2 Å². The highest BCUT2D eigenvalue weighted by Crippen LogP contribution is 2.42. The Morgan fingerprint density at radius 2 is 2.10 bits per heavy atom. The van der Waals surface area contributed by atoms with Crippen LogP contribution in [0.4, 0.5) is 4.39 Å². The number of ether oxygens (including phenoxy) is 2. The van der Waals surface area contributed by atoms with Crippen molar-refractivity contribution in [3.05, 3.63) is 64.9 Å². The Balaban J connectivity index is 1.72. The van der Waals surface area contributed by atoms with E-state index in [-0.39, 0.29) is 18.0 Å². The molecular formula is C23H23FN2O4. The summed E-state index contributed by atoms with van der Waals surface area (Å²) in [5.41, 5.74) is 3.17. The van der Waals surface area contributed by atoms with Gasteiger partial charge in [-0.05, 0) is 55.7 Å². The van der Waals surface area contributed by atoms with Gasteiger partial charge in [0.05, 0.1) is 25.3 Å². The molecular weight excluding hydrogens is 387 g/mol. The van der Waals surface area contributed by atoms with Gasteiger partial charge in [0, 0.05) is 18.5 Å². The van der Waals surface area contributed by atoms with Crippen LogP contribution in [0, 0.1) is 18.7 Å². The molecule has 2 heterocycles. The van der Waals surface area contributed by atoms with E-state index in [2.05, 4.69) is 4.98 Å². The van der Waals surface area contributed by atoms with Crippen molar-refractivity contribution in [2.24, 2.45) is 5.92 Å². The molecule has 0 radical (unpaired) electrons. The van der Waals surface area contributed by atoms with Gasteiger partial charge in [-0.3, -0.25) is 14.0 Å². The van der Waals surface area contributed by atoms with Crippen LogP contribution in [0.25, 0.3) is 5.65 Å². The number of hydrogen-bond donors (Lipinski definition) is 0. The quantitative estimate of drug-likeness (QED) is 0.456. The van der Waals surface area contributed by atoms with Crippen LogP contribution in [-0.2, 0) is 16.0 Å². The SMILES string of the molecule is CCOc1cccn2c(C(=O)C[C@@H]3c4cc(F)ccc4C[C@H]3C(=O)OC)c(C)nc12. The molecule has 2 aromatic heterocycles. The van der Waals surface area contributed by atoms with Gasteiger partial charge in [0.1, 0.15) is 11.5 Å². The van der Waals surface area contributed by atoms with Crippen molar-refractivity contribution in [2.75, 3.05) is 13.7 Å². The van der Waals surface area contributed by atoms with Crippen molar-refractivity contribution in [3.8, 4) is 5.75 Å². The molecule has 2 atom stereocenters. The number of carbonyl (C=O) groups is 2. The number of pyridine rings is 1. The molecule has 3 aromatic rings. The molecule has 0 bridgehead atoms. The van der Waals surface area contributed by atoms with Crippen molar-refractivity contribution in [3.63, 3.8) is 0 Å². The van der Waals surface area contributed by atoms with Crippen molar-refractivity contribution in [2.45, 2.75) is 32.6 Å². The standard InChI is InChI=1S/C23H23FN2O4/c1-4-30-20-6-5-9-26-21(13(2)25-22(20)26)19(27)12-17-16-11-15(24)8-7-14(16)10-18(17)23(28)29-3/h5-9,11,17-18H,4,10,12H2,1-3H3/t17-,18-/m1/s1. The lowest BCUT2D eigenvalue weighted by Crippen LogP contribution is -2.23. The smallest absolute Gasteiger partial charge is 0.309 e. The molecule has 1 aliphatic rings. The van der Waals surface area contributed by atoms with Crippen LogP contribution in [0.5, 0.6) is 5.75 Å². The first-order valence-corrected chi connectivity index (χ1v) is 9.94. The Morgan fingerprint density at radius 3 is 2.83 bits per heavy atom. The van der Waals surface area contributed by atoms with E-state index in [9.17, 15) is 14.0 Å². The van der Waals surface area contributed by atoms with Crippen LogP contribution in [0.3, 0.4) is 0 Å². The molecule has 0 amide bonds. The van der Waals surface area contributed by atoms with E-state index in [4.69, 9.17) is 9.47 Å². The number of fused-ring (bicyclic) bond motifs is 2. The number of methoxy groups -OCH3 is 1. The molecule has 0 fully saturated rings. The molecule has 0 N–H and O–H groups in total. The number of hydrogen-bond acceptors (Lipinski definition) is 5. The molecule has 7 heteroatoms. The van der Waals surface area contributed by atoms with E-state index < -0.39 is 17.8 Å². The predicted molar refractivity (Wildman–Crippen MR) is 108 cm³/mol. The third kappa shape index (κ3) is 3.34. The molecule has 156 valence electrons. The average molecular weight is 410 g/mol. The second-order valence-corrected chi connectivity index (χ2v) is 7.46. The molecule has 6 nitrogen and oxygen atoms in total.